The summed E-state index contributed by atoms with van der Waals surface area (Å²) in [5.41, 5.74) is 6.97. The number of hydrogen-bond donors (Lipinski definition) is 1. The van der Waals surface area contributed by atoms with Crippen molar-refractivity contribution in [3.05, 3.63) is 34.9 Å². The highest BCUT2D eigenvalue weighted by atomic mass is 35.5. The van der Waals surface area contributed by atoms with Gasteiger partial charge in [0.1, 0.15) is 0 Å². The Balaban J connectivity index is 2.47. The summed E-state index contributed by atoms with van der Waals surface area (Å²) in [5, 5.41) is 0.781. The molecule has 0 aliphatic rings. The first kappa shape index (κ1) is 11.5. The van der Waals surface area contributed by atoms with Crippen LogP contribution in [0, 0.1) is 0 Å². The molecule has 1 aromatic carbocycles. The highest BCUT2D eigenvalue weighted by Gasteiger charge is 2.02. The number of nitrogens with zero attached hydrogens (tertiary/aromatic N) is 1. The molecule has 1 aromatic rings. The number of likely N-dealkylation sites (N-methyl/N-ethyl adjacent to an activating group) is 1. The minimum Gasteiger partial charge on any atom is -0.327 e. The molecule has 0 heterocycles. The molecule has 0 aromatic heterocycles. The molecule has 0 saturated heterocycles. The predicted molar refractivity (Wildman–Crippen MR) is 61.4 cm³/mol. The van der Waals surface area contributed by atoms with E-state index in [2.05, 4.69) is 11.9 Å². The largest absolute Gasteiger partial charge is 0.327 e. The van der Waals surface area contributed by atoms with E-state index in [0.29, 0.717) is 0 Å². The maximum absolute atomic E-state index is 5.80. The lowest BCUT2D eigenvalue weighted by molar-refractivity contribution is 0.310. The van der Waals surface area contributed by atoms with Crippen LogP contribution in [0.25, 0.3) is 0 Å². The van der Waals surface area contributed by atoms with Crippen molar-refractivity contribution in [2.45, 2.75) is 19.5 Å². The Hall–Kier alpha value is -0.570. The fourth-order valence-corrected chi connectivity index (χ4v) is 1.58. The molecule has 0 amide bonds. The van der Waals surface area contributed by atoms with Gasteiger partial charge in [0, 0.05) is 24.2 Å². The Morgan fingerprint density at radius 1 is 1.36 bits per heavy atom. The van der Waals surface area contributed by atoms with Gasteiger partial charge in [-0.15, -0.1) is 0 Å². The first-order chi connectivity index (χ1) is 6.58. The van der Waals surface area contributed by atoms with E-state index >= 15 is 0 Å². The van der Waals surface area contributed by atoms with Crippen LogP contribution in [0.5, 0.6) is 0 Å². The Morgan fingerprint density at radius 2 is 1.93 bits per heavy atom. The van der Waals surface area contributed by atoms with Gasteiger partial charge in [0.25, 0.3) is 0 Å². The second kappa shape index (κ2) is 5.35. The van der Waals surface area contributed by atoms with Crippen LogP contribution in [0.1, 0.15) is 12.5 Å². The third-order valence-electron chi connectivity index (χ3n) is 1.97. The molecular formula is C11H17ClN2. The van der Waals surface area contributed by atoms with E-state index < -0.39 is 0 Å². The summed E-state index contributed by atoms with van der Waals surface area (Å²) in [4.78, 5) is 2.20. The van der Waals surface area contributed by atoms with E-state index in [-0.39, 0.29) is 6.04 Å². The number of rotatable bonds is 4. The normalized spacial score (nSPS) is 13.2. The van der Waals surface area contributed by atoms with Crippen LogP contribution in [0.15, 0.2) is 24.3 Å². The molecule has 78 valence electrons. The molecule has 1 rings (SSSR count). The second-order valence-electron chi connectivity index (χ2n) is 3.80. The number of nitrogens with two attached hydrogens (primary N) is 1. The van der Waals surface area contributed by atoms with Crippen molar-refractivity contribution in [3.8, 4) is 0 Å². The first-order valence-electron chi connectivity index (χ1n) is 4.76. The second-order valence-corrected chi connectivity index (χ2v) is 4.24. The molecule has 3 heteroatoms. The molecule has 2 nitrogen and oxygen atoms in total. The van der Waals surface area contributed by atoms with Crippen molar-refractivity contribution in [2.75, 3.05) is 13.6 Å². The molecule has 0 bridgehead atoms. The fourth-order valence-electron chi connectivity index (χ4n) is 1.46. The smallest absolute Gasteiger partial charge is 0.0406 e. The van der Waals surface area contributed by atoms with Crippen molar-refractivity contribution in [2.24, 2.45) is 5.73 Å². The van der Waals surface area contributed by atoms with Crippen molar-refractivity contribution < 1.29 is 0 Å². The van der Waals surface area contributed by atoms with Gasteiger partial charge >= 0.3 is 0 Å². The molecule has 0 fully saturated rings. The average Bonchev–Trinajstić information content (AvgIpc) is 2.07. The third kappa shape index (κ3) is 4.09. The molecule has 1 atom stereocenters. The standard InChI is InChI=1S/C11H17ClN2/c1-9(13)7-14(2)8-10-3-5-11(12)6-4-10/h3-6,9H,7-8,13H2,1-2H3. The van der Waals surface area contributed by atoms with Crippen LogP contribution in [0.4, 0.5) is 0 Å². The van der Waals surface area contributed by atoms with E-state index in [1.54, 1.807) is 0 Å². The van der Waals surface area contributed by atoms with Crippen molar-refractivity contribution >= 4 is 11.6 Å². The molecule has 0 spiro atoms. The van der Waals surface area contributed by atoms with Crippen LogP contribution < -0.4 is 5.73 Å². The van der Waals surface area contributed by atoms with E-state index in [1.165, 1.54) is 5.56 Å². The van der Waals surface area contributed by atoms with Gasteiger partial charge in [0.15, 0.2) is 0 Å². The zero-order valence-electron chi connectivity index (χ0n) is 8.70. The van der Waals surface area contributed by atoms with Crippen LogP contribution >= 0.6 is 11.6 Å². The SMILES string of the molecule is CC(N)CN(C)Cc1ccc(Cl)cc1. The summed E-state index contributed by atoms with van der Waals surface area (Å²) in [5.74, 6) is 0. The van der Waals surface area contributed by atoms with E-state index in [0.717, 1.165) is 18.1 Å². The van der Waals surface area contributed by atoms with E-state index in [9.17, 15) is 0 Å². The Bertz CT molecular complexity index is 269. The lowest BCUT2D eigenvalue weighted by Crippen LogP contribution is -2.32. The maximum atomic E-state index is 5.80. The van der Waals surface area contributed by atoms with Crippen molar-refractivity contribution in [1.82, 2.24) is 4.90 Å². The number of halogens is 1. The highest BCUT2D eigenvalue weighted by Crippen LogP contribution is 2.10. The van der Waals surface area contributed by atoms with Gasteiger partial charge < -0.3 is 10.6 Å². The lowest BCUT2D eigenvalue weighted by atomic mass is 10.2. The van der Waals surface area contributed by atoms with Crippen molar-refractivity contribution in [3.63, 3.8) is 0 Å². The number of benzene rings is 1. The van der Waals surface area contributed by atoms with Gasteiger partial charge in [-0.1, -0.05) is 23.7 Å². The summed E-state index contributed by atoms with van der Waals surface area (Å²) in [6, 6.07) is 8.13. The van der Waals surface area contributed by atoms with Crippen LogP contribution in [0.3, 0.4) is 0 Å². The summed E-state index contributed by atoms with van der Waals surface area (Å²) >= 11 is 5.80. The monoisotopic (exact) mass is 212 g/mol. The van der Waals surface area contributed by atoms with E-state index in [1.807, 2.05) is 31.2 Å². The van der Waals surface area contributed by atoms with Gasteiger partial charge in [-0.2, -0.15) is 0 Å². The van der Waals surface area contributed by atoms with Gasteiger partial charge in [-0.25, -0.2) is 0 Å². The van der Waals surface area contributed by atoms with E-state index in [4.69, 9.17) is 17.3 Å². The predicted octanol–water partition coefficient (Wildman–Crippen LogP) is 2.12. The van der Waals surface area contributed by atoms with Crippen LogP contribution in [0.2, 0.25) is 5.02 Å². The van der Waals surface area contributed by atoms with Crippen LogP contribution in [-0.2, 0) is 6.54 Å². The fraction of sp³-hybridized carbons (Fsp3) is 0.455. The third-order valence-corrected chi connectivity index (χ3v) is 2.22. The molecule has 1 unspecified atom stereocenters. The minimum atomic E-state index is 0.215. The Labute approximate surface area is 90.7 Å². The molecule has 0 aliphatic carbocycles. The van der Waals surface area contributed by atoms with Gasteiger partial charge in [0.2, 0.25) is 0 Å². The van der Waals surface area contributed by atoms with Gasteiger partial charge in [-0.05, 0) is 31.7 Å². The quantitative estimate of drug-likeness (QED) is 0.829. The summed E-state index contributed by atoms with van der Waals surface area (Å²) in [7, 11) is 2.07. The molecular weight excluding hydrogens is 196 g/mol. The van der Waals surface area contributed by atoms with Crippen molar-refractivity contribution in [1.29, 1.82) is 0 Å². The maximum Gasteiger partial charge on any atom is 0.0406 e. The Morgan fingerprint density at radius 3 is 2.43 bits per heavy atom. The van der Waals surface area contributed by atoms with Crippen LogP contribution in [-0.4, -0.2) is 24.5 Å². The summed E-state index contributed by atoms with van der Waals surface area (Å²) in [6.45, 7) is 3.83. The molecule has 14 heavy (non-hydrogen) atoms. The zero-order valence-corrected chi connectivity index (χ0v) is 9.46. The highest BCUT2D eigenvalue weighted by molar-refractivity contribution is 6.30. The molecule has 0 radical (unpaired) electrons. The lowest BCUT2D eigenvalue weighted by Gasteiger charge is -2.18. The molecule has 2 N–H and O–H groups in total. The van der Waals surface area contributed by atoms with Gasteiger partial charge in [-0.3, -0.25) is 0 Å². The summed E-state index contributed by atoms with van der Waals surface area (Å²) < 4.78 is 0. The average molecular weight is 213 g/mol. The first-order valence-corrected chi connectivity index (χ1v) is 5.14. The number of hydrogen-bond acceptors (Lipinski definition) is 2. The topological polar surface area (TPSA) is 29.3 Å². The molecule has 0 saturated carbocycles. The molecule has 0 aliphatic heterocycles. The Kier molecular flexibility index (Phi) is 4.39. The summed E-state index contributed by atoms with van der Waals surface area (Å²) in [6.07, 6.45) is 0. The minimum absolute atomic E-state index is 0.215. The van der Waals surface area contributed by atoms with Gasteiger partial charge in [0.05, 0.1) is 0 Å². The zero-order chi connectivity index (χ0) is 10.6.